The number of nitrogens with zero attached hydrogens (tertiary/aromatic N) is 3. The fourth-order valence-corrected chi connectivity index (χ4v) is 1.84. The predicted octanol–water partition coefficient (Wildman–Crippen LogP) is 2.52. The van der Waals surface area contributed by atoms with Crippen molar-refractivity contribution in [2.45, 2.75) is 0 Å². The zero-order chi connectivity index (χ0) is 13.8. The molecule has 0 fully saturated rings. The van der Waals surface area contributed by atoms with Gasteiger partial charge < -0.3 is 5.32 Å². The molecule has 1 N–H and O–H groups in total. The fourth-order valence-electron chi connectivity index (χ4n) is 1.84. The average Bonchev–Trinajstić information content (AvgIpc) is 3.03. The molecule has 0 bridgehead atoms. The topological polar surface area (TPSA) is 59.8 Å². The SMILES string of the molecule is O=C(Nc1ccccn1)c1cccc(-n2cccn2)c1. The van der Waals surface area contributed by atoms with Gasteiger partial charge in [0, 0.05) is 24.2 Å². The highest BCUT2D eigenvalue weighted by atomic mass is 16.1. The molecule has 0 saturated carbocycles. The maximum atomic E-state index is 12.2. The van der Waals surface area contributed by atoms with Crippen LogP contribution >= 0.6 is 0 Å². The predicted molar refractivity (Wildman–Crippen MR) is 75.8 cm³/mol. The van der Waals surface area contributed by atoms with Crippen LogP contribution in [0.3, 0.4) is 0 Å². The van der Waals surface area contributed by atoms with Crippen LogP contribution in [0.25, 0.3) is 5.69 Å². The molecule has 0 saturated heterocycles. The van der Waals surface area contributed by atoms with Gasteiger partial charge in [0.05, 0.1) is 5.69 Å². The van der Waals surface area contributed by atoms with E-state index in [9.17, 15) is 4.79 Å². The van der Waals surface area contributed by atoms with Crippen LogP contribution in [0, 0.1) is 0 Å². The van der Waals surface area contributed by atoms with Gasteiger partial charge >= 0.3 is 0 Å². The summed E-state index contributed by atoms with van der Waals surface area (Å²) < 4.78 is 1.71. The van der Waals surface area contributed by atoms with Crippen molar-refractivity contribution in [1.29, 1.82) is 0 Å². The van der Waals surface area contributed by atoms with Crippen LogP contribution in [0.5, 0.6) is 0 Å². The molecular formula is C15H12N4O. The Morgan fingerprint density at radius 1 is 1.05 bits per heavy atom. The number of carbonyl (C=O) groups is 1. The number of amides is 1. The van der Waals surface area contributed by atoms with Crippen LogP contribution in [-0.4, -0.2) is 20.7 Å². The average molecular weight is 264 g/mol. The van der Waals surface area contributed by atoms with E-state index in [1.807, 2.05) is 30.5 Å². The summed E-state index contributed by atoms with van der Waals surface area (Å²) in [5, 5.41) is 6.89. The summed E-state index contributed by atoms with van der Waals surface area (Å²) in [5.41, 5.74) is 1.40. The van der Waals surface area contributed by atoms with Crippen molar-refractivity contribution < 1.29 is 4.79 Å². The van der Waals surface area contributed by atoms with Crippen LogP contribution in [-0.2, 0) is 0 Å². The van der Waals surface area contributed by atoms with E-state index in [-0.39, 0.29) is 5.91 Å². The van der Waals surface area contributed by atoms with Gasteiger partial charge in [-0.2, -0.15) is 5.10 Å². The van der Waals surface area contributed by atoms with E-state index in [1.54, 1.807) is 41.3 Å². The zero-order valence-electron chi connectivity index (χ0n) is 10.6. The van der Waals surface area contributed by atoms with Gasteiger partial charge in [-0.1, -0.05) is 12.1 Å². The first-order valence-corrected chi connectivity index (χ1v) is 6.15. The quantitative estimate of drug-likeness (QED) is 0.790. The Morgan fingerprint density at radius 2 is 2.00 bits per heavy atom. The van der Waals surface area contributed by atoms with Crippen molar-refractivity contribution >= 4 is 11.7 Å². The van der Waals surface area contributed by atoms with Crippen molar-refractivity contribution in [2.75, 3.05) is 5.32 Å². The molecule has 0 spiro atoms. The van der Waals surface area contributed by atoms with Crippen LogP contribution in [0.4, 0.5) is 5.82 Å². The molecule has 3 aromatic rings. The smallest absolute Gasteiger partial charge is 0.256 e. The zero-order valence-corrected chi connectivity index (χ0v) is 10.6. The summed E-state index contributed by atoms with van der Waals surface area (Å²) in [6.07, 6.45) is 5.16. The molecule has 98 valence electrons. The second-order valence-electron chi connectivity index (χ2n) is 4.17. The monoisotopic (exact) mass is 264 g/mol. The Kier molecular flexibility index (Phi) is 3.24. The molecule has 3 rings (SSSR count). The van der Waals surface area contributed by atoms with Crippen LogP contribution in [0.1, 0.15) is 10.4 Å². The molecular weight excluding hydrogens is 252 g/mol. The minimum absolute atomic E-state index is 0.197. The third-order valence-corrected chi connectivity index (χ3v) is 2.78. The molecule has 5 heteroatoms. The number of pyridine rings is 1. The van der Waals surface area contributed by atoms with E-state index < -0.39 is 0 Å². The first-order valence-electron chi connectivity index (χ1n) is 6.15. The molecule has 1 amide bonds. The second kappa shape index (κ2) is 5.36. The third-order valence-electron chi connectivity index (χ3n) is 2.78. The van der Waals surface area contributed by atoms with Gasteiger partial charge in [-0.25, -0.2) is 9.67 Å². The number of carbonyl (C=O) groups excluding carboxylic acids is 1. The molecule has 1 aromatic carbocycles. The van der Waals surface area contributed by atoms with Gasteiger partial charge in [0.1, 0.15) is 5.82 Å². The molecule has 0 unspecified atom stereocenters. The highest BCUT2D eigenvalue weighted by Crippen LogP contribution is 2.11. The van der Waals surface area contributed by atoms with Crippen LogP contribution < -0.4 is 5.32 Å². The lowest BCUT2D eigenvalue weighted by Gasteiger charge is -2.06. The van der Waals surface area contributed by atoms with Crippen molar-refractivity contribution in [1.82, 2.24) is 14.8 Å². The largest absolute Gasteiger partial charge is 0.307 e. The van der Waals surface area contributed by atoms with Gasteiger partial charge in [0.2, 0.25) is 0 Å². The molecule has 20 heavy (non-hydrogen) atoms. The minimum Gasteiger partial charge on any atom is -0.307 e. The number of rotatable bonds is 3. The van der Waals surface area contributed by atoms with Gasteiger partial charge in [-0.15, -0.1) is 0 Å². The first kappa shape index (κ1) is 12.1. The number of benzene rings is 1. The van der Waals surface area contributed by atoms with Crippen molar-refractivity contribution in [2.24, 2.45) is 0 Å². The Balaban J connectivity index is 1.84. The van der Waals surface area contributed by atoms with Crippen molar-refractivity contribution in [3.05, 3.63) is 72.7 Å². The van der Waals surface area contributed by atoms with E-state index in [0.717, 1.165) is 5.69 Å². The van der Waals surface area contributed by atoms with E-state index in [4.69, 9.17) is 0 Å². The molecule has 0 aliphatic carbocycles. The van der Waals surface area contributed by atoms with Crippen LogP contribution in [0.15, 0.2) is 67.1 Å². The molecule has 0 aliphatic rings. The summed E-state index contributed by atoms with van der Waals surface area (Å²) in [7, 11) is 0. The van der Waals surface area contributed by atoms with Crippen LogP contribution in [0.2, 0.25) is 0 Å². The van der Waals surface area contributed by atoms with Crippen molar-refractivity contribution in [3.8, 4) is 5.69 Å². The normalized spacial score (nSPS) is 10.2. The Morgan fingerprint density at radius 3 is 2.75 bits per heavy atom. The van der Waals surface area contributed by atoms with E-state index in [0.29, 0.717) is 11.4 Å². The lowest BCUT2D eigenvalue weighted by atomic mass is 10.2. The maximum absolute atomic E-state index is 12.2. The fraction of sp³-hybridized carbons (Fsp3) is 0. The number of hydrogen-bond donors (Lipinski definition) is 1. The highest BCUT2D eigenvalue weighted by molar-refractivity contribution is 6.04. The van der Waals surface area contributed by atoms with Gasteiger partial charge in [-0.05, 0) is 36.4 Å². The summed E-state index contributed by atoms with van der Waals surface area (Å²) in [6.45, 7) is 0. The van der Waals surface area contributed by atoms with E-state index in [1.165, 1.54) is 0 Å². The maximum Gasteiger partial charge on any atom is 0.256 e. The molecule has 5 nitrogen and oxygen atoms in total. The summed E-state index contributed by atoms with van der Waals surface area (Å²) in [6, 6.07) is 14.5. The summed E-state index contributed by atoms with van der Waals surface area (Å²) in [4.78, 5) is 16.2. The number of hydrogen-bond acceptors (Lipinski definition) is 3. The molecule has 0 atom stereocenters. The number of anilines is 1. The molecule has 0 radical (unpaired) electrons. The van der Waals surface area contributed by atoms with Gasteiger partial charge in [0.15, 0.2) is 0 Å². The van der Waals surface area contributed by atoms with Gasteiger partial charge in [0.25, 0.3) is 5.91 Å². The Bertz CT molecular complexity index is 708. The summed E-state index contributed by atoms with van der Waals surface area (Å²) in [5.74, 6) is 0.333. The Hall–Kier alpha value is -2.95. The lowest BCUT2D eigenvalue weighted by Crippen LogP contribution is -2.13. The number of nitrogens with one attached hydrogen (secondary N) is 1. The standard InChI is InChI=1S/C15H12N4O/c20-15(18-14-7-1-2-8-16-14)12-5-3-6-13(11-12)19-10-4-9-17-19/h1-11H,(H,16,18,20). The minimum atomic E-state index is -0.197. The second-order valence-corrected chi connectivity index (χ2v) is 4.17. The van der Waals surface area contributed by atoms with Crippen molar-refractivity contribution in [3.63, 3.8) is 0 Å². The highest BCUT2D eigenvalue weighted by Gasteiger charge is 2.07. The molecule has 2 heterocycles. The van der Waals surface area contributed by atoms with Gasteiger partial charge in [-0.3, -0.25) is 4.79 Å². The first-order chi connectivity index (χ1) is 9.83. The van der Waals surface area contributed by atoms with E-state index >= 15 is 0 Å². The third kappa shape index (κ3) is 2.56. The molecule has 0 aliphatic heterocycles. The number of aromatic nitrogens is 3. The molecule has 2 aromatic heterocycles. The summed E-state index contributed by atoms with van der Waals surface area (Å²) >= 11 is 0. The van der Waals surface area contributed by atoms with E-state index in [2.05, 4.69) is 15.4 Å². The lowest BCUT2D eigenvalue weighted by molar-refractivity contribution is 0.102. The Labute approximate surface area is 115 Å².